The molecule has 5 heteroatoms. The number of hydrogen-bond donors (Lipinski definition) is 1. The van der Waals surface area contributed by atoms with E-state index in [4.69, 9.17) is 15.0 Å². The maximum absolute atomic E-state index is 6.44. The second kappa shape index (κ2) is 4.74. The van der Waals surface area contributed by atoms with Crippen LogP contribution in [0, 0.1) is 0 Å². The first kappa shape index (κ1) is 12.5. The van der Waals surface area contributed by atoms with E-state index in [2.05, 4.69) is 10.1 Å². The summed E-state index contributed by atoms with van der Waals surface area (Å²) >= 11 is 0. The van der Waals surface area contributed by atoms with Crippen molar-refractivity contribution in [1.82, 2.24) is 10.1 Å². The summed E-state index contributed by atoms with van der Waals surface area (Å²) < 4.78 is 10.7. The van der Waals surface area contributed by atoms with E-state index in [0.717, 1.165) is 25.7 Å². The Morgan fingerprint density at radius 2 is 2.24 bits per heavy atom. The summed E-state index contributed by atoms with van der Waals surface area (Å²) in [5.74, 6) is 1.46. The minimum atomic E-state index is -0.594. The average molecular weight is 239 g/mol. The molecule has 5 nitrogen and oxygen atoms in total. The van der Waals surface area contributed by atoms with Gasteiger partial charge in [-0.05, 0) is 12.8 Å². The summed E-state index contributed by atoms with van der Waals surface area (Å²) in [7, 11) is 1.70. The maximum atomic E-state index is 6.44. The molecule has 0 bridgehead atoms. The maximum Gasteiger partial charge on any atom is 0.229 e. The van der Waals surface area contributed by atoms with E-state index >= 15 is 0 Å². The molecule has 1 saturated carbocycles. The van der Waals surface area contributed by atoms with Crippen LogP contribution < -0.4 is 5.73 Å². The Labute approximate surface area is 102 Å². The third-order valence-corrected chi connectivity index (χ3v) is 3.52. The second-order valence-corrected chi connectivity index (χ2v) is 5.12. The lowest BCUT2D eigenvalue weighted by Crippen LogP contribution is -2.51. The van der Waals surface area contributed by atoms with Crippen LogP contribution in [-0.4, -0.2) is 23.4 Å². The molecule has 0 spiro atoms. The normalized spacial score (nSPS) is 29.8. The Morgan fingerprint density at radius 1 is 1.47 bits per heavy atom. The van der Waals surface area contributed by atoms with Crippen LogP contribution in [0.2, 0.25) is 0 Å². The largest absolute Gasteiger partial charge is 0.379 e. The zero-order valence-electron chi connectivity index (χ0n) is 10.8. The molecule has 2 unspecified atom stereocenters. The topological polar surface area (TPSA) is 74.2 Å². The molecule has 17 heavy (non-hydrogen) atoms. The van der Waals surface area contributed by atoms with Gasteiger partial charge >= 0.3 is 0 Å². The minimum Gasteiger partial charge on any atom is -0.379 e. The number of hydrogen-bond acceptors (Lipinski definition) is 5. The molecule has 2 atom stereocenters. The molecule has 0 saturated heterocycles. The highest BCUT2D eigenvalue weighted by atomic mass is 16.5. The fraction of sp³-hybridized carbons (Fsp3) is 0.833. The lowest BCUT2D eigenvalue weighted by molar-refractivity contribution is -0.000963. The van der Waals surface area contributed by atoms with Crippen molar-refractivity contribution < 1.29 is 9.26 Å². The van der Waals surface area contributed by atoms with E-state index in [9.17, 15) is 0 Å². The van der Waals surface area contributed by atoms with Crippen molar-refractivity contribution >= 4 is 0 Å². The van der Waals surface area contributed by atoms with Gasteiger partial charge in [0.15, 0.2) is 5.82 Å². The first-order chi connectivity index (χ1) is 8.08. The SMILES string of the molecule is COC1CCCCC1(N)c1noc(C(C)C)n1. The first-order valence-electron chi connectivity index (χ1n) is 6.23. The molecule has 2 N–H and O–H groups in total. The predicted octanol–water partition coefficient (Wildman–Crippen LogP) is 1.94. The third kappa shape index (κ3) is 2.21. The van der Waals surface area contributed by atoms with Crippen molar-refractivity contribution in [3.05, 3.63) is 11.7 Å². The highest BCUT2D eigenvalue weighted by molar-refractivity contribution is 5.10. The van der Waals surface area contributed by atoms with Crippen molar-refractivity contribution in [1.29, 1.82) is 0 Å². The van der Waals surface area contributed by atoms with Crippen LogP contribution in [0.3, 0.4) is 0 Å². The second-order valence-electron chi connectivity index (χ2n) is 5.12. The van der Waals surface area contributed by atoms with Gasteiger partial charge in [0.2, 0.25) is 5.89 Å². The van der Waals surface area contributed by atoms with Crippen LogP contribution in [-0.2, 0) is 10.3 Å². The first-order valence-corrected chi connectivity index (χ1v) is 6.23. The molecule has 1 fully saturated rings. The van der Waals surface area contributed by atoms with E-state index in [1.54, 1.807) is 7.11 Å². The Kier molecular flexibility index (Phi) is 3.49. The summed E-state index contributed by atoms with van der Waals surface area (Å²) in [6, 6.07) is 0. The van der Waals surface area contributed by atoms with Gasteiger partial charge in [0.1, 0.15) is 5.54 Å². The van der Waals surface area contributed by atoms with Crippen molar-refractivity contribution in [2.24, 2.45) is 5.73 Å². The van der Waals surface area contributed by atoms with Crippen molar-refractivity contribution in [3.63, 3.8) is 0 Å². The zero-order chi connectivity index (χ0) is 12.5. The van der Waals surface area contributed by atoms with Crippen LogP contribution >= 0.6 is 0 Å². The molecule has 1 aliphatic rings. The van der Waals surface area contributed by atoms with Crippen molar-refractivity contribution in [2.75, 3.05) is 7.11 Å². The smallest absolute Gasteiger partial charge is 0.229 e. The molecule has 96 valence electrons. The number of nitrogens with zero attached hydrogens (tertiary/aromatic N) is 2. The van der Waals surface area contributed by atoms with Gasteiger partial charge in [-0.2, -0.15) is 4.98 Å². The Bertz CT molecular complexity index is 378. The molecule has 1 heterocycles. The quantitative estimate of drug-likeness (QED) is 0.872. The van der Waals surface area contributed by atoms with Crippen LogP contribution in [0.15, 0.2) is 4.52 Å². The molecule has 2 rings (SSSR count). The van der Waals surface area contributed by atoms with E-state index in [1.807, 2.05) is 13.8 Å². The van der Waals surface area contributed by atoms with Gasteiger partial charge in [-0.3, -0.25) is 0 Å². The summed E-state index contributed by atoms with van der Waals surface area (Å²) in [5.41, 5.74) is 5.85. The zero-order valence-corrected chi connectivity index (χ0v) is 10.8. The summed E-state index contributed by atoms with van der Waals surface area (Å²) in [6.45, 7) is 4.05. The van der Waals surface area contributed by atoms with Gasteiger partial charge in [-0.25, -0.2) is 0 Å². The van der Waals surface area contributed by atoms with E-state index < -0.39 is 5.54 Å². The predicted molar refractivity (Wildman–Crippen MR) is 63.5 cm³/mol. The number of rotatable bonds is 3. The number of ether oxygens (including phenoxy) is 1. The monoisotopic (exact) mass is 239 g/mol. The summed E-state index contributed by atoms with van der Waals surface area (Å²) in [5, 5.41) is 4.04. The molecular weight excluding hydrogens is 218 g/mol. The molecule has 1 aromatic heterocycles. The Balaban J connectivity index is 2.28. The number of aromatic nitrogens is 2. The van der Waals surface area contributed by atoms with Gasteiger partial charge in [-0.15, -0.1) is 0 Å². The van der Waals surface area contributed by atoms with Gasteiger partial charge in [0.25, 0.3) is 0 Å². The standard InChI is InChI=1S/C12H21N3O2/c1-8(2)10-14-11(15-17-10)12(13)7-5-4-6-9(12)16-3/h8-9H,4-7,13H2,1-3H3. The Hall–Kier alpha value is -0.940. The molecule has 0 aliphatic heterocycles. The molecule has 1 aliphatic carbocycles. The van der Waals surface area contributed by atoms with Crippen LogP contribution in [0.25, 0.3) is 0 Å². The van der Waals surface area contributed by atoms with Crippen molar-refractivity contribution in [2.45, 2.75) is 57.1 Å². The Morgan fingerprint density at radius 3 is 2.82 bits per heavy atom. The average Bonchev–Trinajstić information content (AvgIpc) is 2.79. The summed E-state index contributed by atoms with van der Waals surface area (Å²) in [6.07, 6.45) is 4.02. The number of nitrogens with two attached hydrogens (primary N) is 1. The van der Waals surface area contributed by atoms with Crippen LogP contribution in [0.4, 0.5) is 0 Å². The van der Waals surface area contributed by atoms with Crippen LogP contribution in [0.5, 0.6) is 0 Å². The van der Waals surface area contributed by atoms with Crippen LogP contribution in [0.1, 0.15) is 57.2 Å². The lowest BCUT2D eigenvalue weighted by Gasteiger charge is -2.37. The highest BCUT2D eigenvalue weighted by Gasteiger charge is 2.43. The van der Waals surface area contributed by atoms with Gasteiger partial charge in [-0.1, -0.05) is 31.8 Å². The van der Waals surface area contributed by atoms with Crippen molar-refractivity contribution in [3.8, 4) is 0 Å². The van der Waals surface area contributed by atoms with E-state index in [1.165, 1.54) is 0 Å². The van der Waals surface area contributed by atoms with E-state index in [-0.39, 0.29) is 12.0 Å². The summed E-state index contributed by atoms with van der Waals surface area (Å²) in [4.78, 5) is 4.42. The number of methoxy groups -OCH3 is 1. The molecule has 0 radical (unpaired) electrons. The van der Waals surface area contributed by atoms with Gasteiger partial charge in [0.05, 0.1) is 6.10 Å². The molecule has 1 aromatic rings. The third-order valence-electron chi connectivity index (χ3n) is 3.52. The minimum absolute atomic E-state index is 0.0196. The molecular formula is C12H21N3O2. The lowest BCUT2D eigenvalue weighted by atomic mass is 9.79. The fourth-order valence-corrected chi connectivity index (χ4v) is 2.41. The molecule has 0 aromatic carbocycles. The molecule has 0 amide bonds. The fourth-order valence-electron chi connectivity index (χ4n) is 2.41. The van der Waals surface area contributed by atoms with Gasteiger partial charge in [0, 0.05) is 13.0 Å². The van der Waals surface area contributed by atoms with Gasteiger partial charge < -0.3 is 15.0 Å². The van der Waals surface area contributed by atoms with E-state index in [0.29, 0.717) is 11.7 Å². The highest BCUT2D eigenvalue weighted by Crippen LogP contribution is 2.35.